The van der Waals surface area contributed by atoms with Crippen LogP contribution in [0.25, 0.3) is 11.0 Å². The minimum absolute atomic E-state index is 0.0556. The van der Waals surface area contributed by atoms with Crippen molar-refractivity contribution in [3.05, 3.63) is 94.8 Å². The monoisotopic (exact) mass is 457 g/mol. The van der Waals surface area contributed by atoms with E-state index >= 15 is 0 Å². The normalized spacial score (nSPS) is 13.2. The van der Waals surface area contributed by atoms with Gasteiger partial charge in [-0.15, -0.1) is 0 Å². The number of hydrogen-bond acceptors (Lipinski definition) is 4. The van der Waals surface area contributed by atoms with Gasteiger partial charge in [0.2, 0.25) is 0 Å². The zero-order chi connectivity index (χ0) is 24.1. The summed E-state index contributed by atoms with van der Waals surface area (Å²) in [5, 5.41) is 14.4. The lowest BCUT2D eigenvalue weighted by atomic mass is 10.0. The molecule has 1 aromatic heterocycles. The fourth-order valence-electron chi connectivity index (χ4n) is 4.22. The average molecular weight is 458 g/mol. The number of aryl methyl sites for hydroxylation is 4. The first kappa shape index (κ1) is 24.0. The number of hydrogen-bond donors (Lipinski definition) is 2. The Morgan fingerprint density at radius 2 is 1.74 bits per heavy atom. The van der Waals surface area contributed by atoms with Crippen LogP contribution < -0.4 is 10.1 Å². The van der Waals surface area contributed by atoms with E-state index in [9.17, 15) is 5.11 Å². The molecule has 0 radical (unpaired) electrons. The lowest BCUT2D eigenvalue weighted by Crippen LogP contribution is -2.33. The Morgan fingerprint density at radius 3 is 2.50 bits per heavy atom. The van der Waals surface area contributed by atoms with Gasteiger partial charge in [-0.2, -0.15) is 0 Å². The summed E-state index contributed by atoms with van der Waals surface area (Å²) in [6, 6.07) is 20.4. The highest BCUT2D eigenvalue weighted by molar-refractivity contribution is 5.77. The van der Waals surface area contributed by atoms with E-state index in [-0.39, 0.29) is 6.04 Å². The molecular weight excluding hydrogens is 422 g/mol. The molecule has 0 aliphatic rings. The highest BCUT2D eigenvalue weighted by atomic mass is 16.5. The Hall–Kier alpha value is -3.15. The van der Waals surface area contributed by atoms with E-state index in [1.54, 1.807) is 0 Å². The van der Waals surface area contributed by atoms with Gasteiger partial charge in [0, 0.05) is 12.6 Å². The quantitative estimate of drug-likeness (QED) is 0.303. The molecule has 0 bridgehead atoms. The lowest BCUT2D eigenvalue weighted by Gasteiger charge is -2.22. The molecule has 2 unspecified atom stereocenters. The molecule has 0 aliphatic carbocycles. The predicted octanol–water partition coefficient (Wildman–Crippen LogP) is 5.64. The molecule has 3 aromatic carbocycles. The van der Waals surface area contributed by atoms with Crippen molar-refractivity contribution in [1.29, 1.82) is 0 Å². The van der Waals surface area contributed by atoms with Crippen LogP contribution in [0.4, 0.5) is 0 Å². The Kier molecular flexibility index (Phi) is 7.66. The second-order valence-electron chi connectivity index (χ2n) is 9.20. The molecule has 0 fully saturated rings. The van der Waals surface area contributed by atoms with Crippen LogP contribution in [0.2, 0.25) is 0 Å². The minimum Gasteiger partial charge on any atom is -0.489 e. The van der Waals surface area contributed by atoms with E-state index in [1.165, 1.54) is 16.6 Å². The molecule has 5 nitrogen and oxygen atoms in total. The SMILES string of the molecule is Cc1cc2ncn(CCCNC(C)C(O)c3ccc(OCc4ccccc4)c(C)c3)c2cc1C. The van der Waals surface area contributed by atoms with Crippen LogP contribution in [-0.2, 0) is 13.2 Å². The topological polar surface area (TPSA) is 59.3 Å². The third-order valence-electron chi connectivity index (χ3n) is 6.53. The van der Waals surface area contributed by atoms with E-state index in [0.717, 1.165) is 47.5 Å². The summed E-state index contributed by atoms with van der Waals surface area (Å²) in [4.78, 5) is 4.54. The minimum atomic E-state index is -0.582. The fraction of sp³-hybridized carbons (Fsp3) is 0.345. The highest BCUT2D eigenvalue weighted by Gasteiger charge is 2.17. The number of benzene rings is 3. The van der Waals surface area contributed by atoms with Crippen LogP contribution in [-0.4, -0.2) is 27.2 Å². The average Bonchev–Trinajstić information content (AvgIpc) is 3.22. The van der Waals surface area contributed by atoms with Crippen molar-refractivity contribution in [3.8, 4) is 5.75 Å². The van der Waals surface area contributed by atoms with Crippen molar-refractivity contribution in [2.24, 2.45) is 0 Å². The third kappa shape index (κ3) is 5.66. The van der Waals surface area contributed by atoms with Gasteiger partial charge in [-0.05, 0) is 92.7 Å². The highest BCUT2D eigenvalue weighted by Crippen LogP contribution is 2.25. The zero-order valence-corrected chi connectivity index (χ0v) is 20.6. The van der Waals surface area contributed by atoms with Crippen LogP contribution >= 0.6 is 0 Å². The maximum Gasteiger partial charge on any atom is 0.122 e. The van der Waals surface area contributed by atoms with Gasteiger partial charge in [0.1, 0.15) is 12.4 Å². The van der Waals surface area contributed by atoms with Gasteiger partial charge in [0.05, 0.1) is 23.5 Å². The van der Waals surface area contributed by atoms with Crippen LogP contribution in [0.1, 0.15) is 47.3 Å². The second kappa shape index (κ2) is 10.9. The van der Waals surface area contributed by atoms with E-state index in [2.05, 4.69) is 53.0 Å². The van der Waals surface area contributed by atoms with Crippen LogP contribution in [0.15, 0.2) is 67.0 Å². The standard InChI is InChI=1S/C29H35N3O2/c1-20-16-26-27(17-21(20)2)32(19-31-26)14-8-13-30-23(4)29(33)25-11-12-28(22(3)15-25)34-18-24-9-6-5-7-10-24/h5-7,9-12,15-17,19,23,29-30,33H,8,13-14,18H2,1-4H3. The zero-order valence-electron chi connectivity index (χ0n) is 20.6. The second-order valence-corrected chi connectivity index (χ2v) is 9.20. The van der Waals surface area contributed by atoms with Crippen LogP contribution in [0.3, 0.4) is 0 Å². The van der Waals surface area contributed by atoms with Gasteiger partial charge < -0.3 is 19.7 Å². The van der Waals surface area contributed by atoms with E-state index in [1.807, 2.05) is 56.6 Å². The molecule has 0 amide bonds. The first-order valence-corrected chi connectivity index (χ1v) is 12.0. The molecule has 4 aromatic rings. The van der Waals surface area contributed by atoms with Gasteiger partial charge in [0.15, 0.2) is 0 Å². The van der Waals surface area contributed by atoms with Crippen molar-refractivity contribution in [2.45, 2.75) is 59.4 Å². The molecule has 4 rings (SSSR count). The number of aromatic nitrogens is 2. The molecule has 0 saturated carbocycles. The van der Waals surface area contributed by atoms with Gasteiger partial charge in [-0.25, -0.2) is 4.98 Å². The molecule has 5 heteroatoms. The first-order valence-electron chi connectivity index (χ1n) is 12.0. The van der Waals surface area contributed by atoms with Crippen LogP contribution in [0.5, 0.6) is 5.75 Å². The number of fused-ring (bicyclic) bond motifs is 1. The summed E-state index contributed by atoms with van der Waals surface area (Å²) < 4.78 is 8.18. The Bertz CT molecular complexity index is 1230. The first-order chi connectivity index (χ1) is 16.4. The third-order valence-corrected chi connectivity index (χ3v) is 6.53. The van der Waals surface area contributed by atoms with Crippen molar-refractivity contribution in [1.82, 2.24) is 14.9 Å². The summed E-state index contributed by atoms with van der Waals surface area (Å²) in [6.45, 7) is 10.6. The number of rotatable bonds is 10. The smallest absolute Gasteiger partial charge is 0.122 e. The summed E-state index contributed by atoms with van der Waals surface area (Å²) in [6.07, 6.45) is 2.30. The van der Waals surface area contributed by atoms with Gasteiger partial charge in [0.25, 0.3) is 0 Å². The molecular formula is C29H35N3O2. The molecule has 178 valence electrons. The van der Waals surface area contributed by atoms with Crippen molar-refractivity contribution in [2.75, 3.05) is 6.54 Å². The fourth-order valence-corrected chi connectivity index (χ4v) is 4.22. The maximum atomic E-state index is 10.9. The Morgan fingerprint density at radius 1 is 0.971 bits per heavy atom. The molecule has 2 atom stereocenters. The number of aliphatic hydroxyl groups is 1. The van der Waals surface area contributed by atoms with Crippen molar-refractivity contribution >= 4 is 11.0 Å². The number of imidazole rings is 1. The van der Waals surface area contributed by atoms with E-state index in [0.29, 0.717) is 6.61 Å². The Balaban J connectivity index is 1.27. The molecule has 0 aliphatic heterocycles. The predicted molar refractivity (Wildman–Crippen MR) is 138 cm³/mol. The van der Waals surface area contributed by atoms with E-state index in [4.69, 9.17) is 4.74 Å². The van der Waals surface area contributed by atoms with Crippen molar-refractivity contribution in [3.63, 3.8) is 0 Å². The summed E-state index contributed by atoms with van der Waals surface area (Å²) in [7, 11) is 0. The van der Waals surface area contributed by atoms with E-state index < -0.39 is 6.10 Å². The molecule has 0 saturated heterocycles. The molecule has 0 spiro atoms. The number of nitrogens with one attached hydrogen (secondary N) is 1. The van der Waals surface area contributed by atoms with Crippen LogP contribution in [0, 0.1) is 20.8 Å². The Labute approximate surface area is 202 Å². The molecule has 2 N–H and O–H groups in total. The molecule has 34 heavy (non-hydrogen) atoms. The van der Waals surface area contributed by atoms with Gasteiger partial charge >= 0.3 is 0 Å². The number of ether oxygens (including phenoxy) is 1. The lowest BCUT2D eigenvalue weighted by molar-refractivity contribution is 0.135. The number of aliphatic hydroxyl groups excluding tert-OH is 1. The summed E-state index contributed by atoms with van der Waals surface area (Å²) in [5.74, 6) is 0.846. The number of nitrogens with zero attached hydrogens (tertiary/aromatic N) is 2. The van der Waals surface area contributed by atoms with Crippen molar-refractivity contribution < 1.29 is 9.84 Å². The summed E-state index contributed by atoms with van der Waals surface area (Å²) in [5.41, 5.74) is 7.85. The van der Waals surface area contributed by atoms with Gasteiger partial charge in [-0.1, -0.05) is 36.4 Å². The maximum absolute atomic E-state index is 10.9. The largest absolute Gasteiger partial charge is 0.489 e. The van der Waals surface area contributed by atoms with Gasteiger partial charge in [-0.3, -0.25) is 0 Å². The molecule has 1 heterocycles. The summed E-state index contributed by atoms with van der Waals surface area (Å²) >= 11 is 0.